The van der Waals surface area contributed by atoms with Crippen LogP contribution in [0.3, 0.4) is 0 Å². The first-order valence-electron chi connectivity index (χ1n) is 8.48. The van der Waals surface area contributed by atoms with Crippen LogP contribution in [0.1, 0.15) is 46.5 Å². The molecule has 1 saturated carbocycles. The lowest BCUT2D eigenvalue weighted by molar-refractivity contribution is 0.167. The van der Waals surface area contributed by atoms with Gasteiger partial charge in [-0.2, -0.15) is 0 Å². The van der Waals surface area contributed by atoms with Gasteiger partial charge in [0.1, 0.15) is 0 Å². The van der Waals surface area contributed by atoms with E-state index in [1.807, 2.05) is 0 Å². The molecule has 2 rings (SSSR count). The van der Waals surface area contributed by atoms with Crippen molar-refractivity contribution >= 4 is 29.9 Å². The molecular formula is C16H33IN4O. The van der Waals surface area contributed by atoms with E-state index >= 15 is 0 Å². The fraction of sp³-hybridized carbons (Fsp3) is 0.938. The number of likely N-dealkylation sites (tertiary alicyclic amines) is 1. The Morgan fingerprint density at radius 3 is 2.41 bits per heavy atom. The average Bonchev–Trinajstić information content (AvgIpc) is 3.26. The highest BCUT2D eigenvalue weighted by Gasteiger charge is 2.41. The van der Waals surface area contributed by atoms with Crippen LogP contribution in [-0.2, 0) is 0 Å². The van der Waals surface area contributed by atoms with Gasteiger partial charge in [0.15, 0.2) is 5.96 Å². The van der Waals surface area contributed by atoms with Crippen LogP contribution in [0.25, 0.3) is 0 Å². The van der Waals surface area contributed by atoms with Crippen LogP contribution >= 0.6 is 24.0 Å². The highest BCUT2D eigenvalue weighted by atomic mass is 127. The second kappa shape index (κ2) is 9.27. The number of rotatable bonds is 6. The number of piperidine rings is 1. The van der Waals surface area contributed by atoms with E-state index in [0.29, 0.717) is 12.1 Å². The third-order valence-corrected chi connectivity index (χ3v) is 4.81. The smallest absolute Gasteiger partial charge is 0.191 e. The fourth-order valence-corrected chi connectivity index (χ4v) is 2.86. The highest BCUT2D eigenvalue weighted by molar-refractivity contribution is 14.0. The Bertz CT molecular complexity index is 350. The third-order valence-electron chi connectivity index (χ3n) is 4.81. The zero-order valence-corrected chi connectivity index (χ0v) is 16.6. The van der Waals surface area contributed by atoms with Crippen LogP contribution in [0.4, 0.5) is 0 Å². The molecule has 0 atom stereocenters. The van der Waals surface area contributed by atoms with E-state index in [0.717, 1.165) is 45.0 Å². The topological polar surface area (TPSA) is 59.9 Å². The van der Waals surface area contributed by atoms with Crippen LogP contribution in [0.15, 0.2) is 4.99 Å². The number of aliphatic hydroxyl groups excluding tert-OH is 1. The number of aliphatic imine (C=N–C) groups is 1. The third kappa shape index (κ3) is 5.85. The lowest BCUT2D eigenvalue weighted by Crippen LogP contribution is -2.50. The van der Waals surface area contributed by atoms with Crippen molar-refractivity contribution in [3.8, 4) is 0 Å². The van der Waals surface area contributed by atoms with Crippen LogP contribution in [0.2, 0.25) is 0 Å². The lowest BCUT2D eigenvalue weighted by atomic mass is 10.0. The first-order chi connectivity index (χ1) is 10.1. The molecule has 0 aromatic rings. The van der Waals surface area contributed by atoms with Gasteiger partial charge in [-0.15, -0.1) is 24.0 Å². The molecule has 0 spiro atoms. The summed E-state index contributed by atoms with van der Waals surface area (Å²) in [5.74, 6) is 0.917. The molecule has 22 heavy (non-hydrogen) atoms. The molecule has 1 aliphatic carbocycles. The van der Waals surface area contributed by atoms with Gasteiger partial charge in [-0.05, 0) is 46.5 Å². The number of halogens is 1. The van der Waals surface area contributed by atoms with Crippen LogP contribution in [0.5, 0.6) is 0 Å². The van der Waals surface area contributed by atoms with E-state index in [1.54, 1.807) is 0 Å². The molecule has 5 nitrogen and oxygen atoms in total. The van der Waals surface area contributed by atoms with Crippen molar-refractivity contribution in [3.63, 3.8) is 0 Å². The Kier molecular flexibility index (Phi) is 8.42. The maximum atomic E-state index is 9.39. The lowest BCUT2D eigenvalue weighted by Gasteiger charge is -2.35. The molecular weight excluding hydrogens is 391 g/mol. The molecule has 1 heterocycles. The molecule has 130 valence electrons. The Hall–Kier alpha value is -0.0800. The number of nitrogens with zero attached hydrogens (tertiary/aromatic N) is 2. The molecule has 0 amide bonds. The van der Waals surface area contributed by atoms with E-state index in [1.165, 1.54) is 12.8 Å². The summed E-state index contributed by atoms with van der Waals surface area (Å²) >= 11 is 0. The number of aliphatic hydroxyl groups is 1. The molecule has 2 fully saturated rings. The normalized spacial score (nSPS) is 22.3. The number of hydrogen-bond donors (Lipinski definition) is 3. The van der Waals surface area contributed by atoms with Crippen molar-refractivity contribution in [1.82, 2.24) is 15.5 Å². The Labute approximate surface area is 152 Å². The largest absolute Gasteiger partial charge is 0.396 e. The molecule has 0 aromatic carbocycles. The van der Waals surface area contributed by atoms with Gasteiger partial charge in [-0.25, -0.2) is 0 Å². The van der Waals surface area contributed by atoms with Crippen molar-refractivity contribution < 1.29 is 5.11 Å². The minimum absolute atomic E-state index is 0. The first-order valence-corrected chi connectivity index (χ1v) is 8.48. The van der Waals surface area contributed by atoms with E-state index < -0.39 is 0 Å². The summed E-state index contributed by atoms with van der Waals surface area (Å²) in [5, 5.41) is 16.3. The summed E-state index contributed by atoms with van der Waals surface area (Å²) in [6, 6.07) is 1.16. The van der Waals surface area contributed by atoms with Crippen LogP contribution in [0, 0.1) is 5.41 Å². The summed E-state index contributed by atoms with van der Waals surface area (Å²) in [6.07, 6.45) is 4.57. The Morgan fingerprint density at radius 2 is 1.95 bits per heavy atom. The first kappa shape index (κ1) is 20.0. The van der Waals surface area contributed by atoms with Crippen molar-refractivity contribution in [3.05, 3.63) is 0 Å². The summed E-state index contributed by atoms with van der Waals surface area (Å²) < 4.78 is 0. The molecule has 3 N–H and O–H groups in total. The number of nitrogens with one attached hydrogen (secondary N) is 2. The van der Waals surface area contributed by atoms with Crippen LogP contribution < -0.4 is 10.6 Å². The van der Waals surface area contributed by atoms with Crippen LogP contribution in [-0.4, -0.2) is 60.8 Å². The molecule has 0 aromatic heterocycles. The van der Waals surface area contributed by atoms with Gasteiger partial charge < -0.3 is 20.6 Å². The molecule has 0 radical (unpaired) electrons. The number of guanidine groups is 1. The number of hydrogen-bond acceptors (Lipinski definition) is 3. The SMILES string of the molecule is CCNC(=NCC1(CO)CC1)NC1CCN(C(C)C)CC1.I. The van der Waals surface area contributed by atoms with Gasteiger partial charge in [0.25, 0.3) is 0 Å². The van der Waals surface area contributed by atoms with E-state index in [4.69, 9.17) is 0 Å². The minimum Gasteiger partial charge on any atom is -0.396 e. The van der Waals surface area contributed by atoms with E-state index in [2.05, 4.69) is 41.3 Å². The van der Waals surface area contributed by atoms with Gasteiger partial charge in [0.2, 0.25) is 0 Å². The van der Waals surface area contributed by atoms with Gasteiger partial charge in [0.05, 0.1) is 13.2 Å². The molecule has 2 aliphatic rings. The van der Waals surface area contributed by atoms with Crippen molar-refractivity contribution in [2.75, 3.05) is 32.8 Å². The van der Waals surface area contributed by atoms with Crippen molar-refractivity contribution in [1.29, 1.82) is 0 Å². The monoisotopic (exact) mass is 424 g/mol. The molecule has 0 bridgehead atoms. The van der Waals surface area contributed by atoms with E-state index in [-0.39, 0.29) is 36.0 Å². The predicted molar refractivity (Wildman–Crippen MR) is 103 cm³/mol. The summed E-state index contributed by atoms with van der Waals surface area (Å²) in [7, 11) is 0. The maximum Gasteiger partial charge on any atom is 0.191 e. The maximum absolute atomic E-state index is 9.39. The minimum atomic E-state index is 0. The zero-order valence-electron chi connectivity index (χ0n) is 14.3. The second-order valence-corrected chi connectivity index (χ2v) is 6.90. The Morgan fingerprint density at radius 1 is 1.32 bits per heavy atom. The summed E-state index contributed by atoms with van der Waals surface area (Å²) in [4.78, 5) is 7.22. The zero-order chi connectivity index (χ0) is 15.3. The summed E-state index contributed by atoms with van der Waals surface area (Å²) in [5.41, 5.74) is 0.0867. The molecule has 6 heteroatoms. The second-order valence-electron chi connectivity index (χ2n) is 6.90. The Balaban J connectivity index is 0.00000242. The predicted octanol–water partition coefficient (Wildman–Crippen LogP) is 1.80. The van der Waals surface area contributed by atoms with Gasteiger partial charge in [0, 0.05) is 37.1 Å². The van der Waals surface area contributed by atoms with E-state index in [9.17, 15) is 5.11 Å². The quantitative estimate of drug-likeness (QED) is 0.346. The average molecular weight is 424 g/mol. The van der Waals surface area contributed by atoms with Crippen molar-refractivity contribution in [2.24, 2.45) is 10.4 Å². The van der Waals surface area contributed by atoms with Gasteiger partial charge in [-0.1, -0.05) is 0 Å². The van der Waals surface area contributed by atoms with Crippen molar-refractivity contribution in [2.45, 2.75) is 58.5 Å². The fourth-order valence-electron chi connectivity index (χ4n) is 2.86. The molecule has 1 saturated heterocycles. The molecule has 1 aliphatic heterocycles. The summed E-state index contributed by atoms with van der Waals surface area (Å²) in [6.45, 7) is 10.8. The highest BCUT2D eigenvalue weighted by Crippen LogP contribution is 2.45. The standard InChI is InChI=1S/C16H32N4O.HI/c1-4-17-15(18-11-16(12-21)7-8-16)19-14-5-9-20(10-6-14)13(2)3;/h13-14,21H,4-12H2,1-3H3,(H2,17,18,19);1H. The van der Waals surface area contributed by atoms with Gasteiger partial charge >= 0.3 is 0 Å². The van der Waals surface area contributed by atoms with Gasteiger partial charge in [-0.3, -0.25) is 4.99 Å². The molecule has 0 unspecified atom stereocenters.